The van der Waals surface area contributed by atoms with Gasteiger partial charge in [0.2, 0.25) is 0 Å². The van der Waals surface area contributed by atoms with Crippen molar-refractivity contribution in [2.75, 3.05) is 6.61 Å². The Kier molecular flexibility index (Phi) is 4.59. The lowest BCUT2D eigenvalue weighted by Gasteiger charge is -2.07. The van der Waals surface area contributed by atoms with E-state index < -0.39 is 5.97 Å². The van der Waals surface area contributed by atoms with Crippen LogP contribution in [0.1, 0.15) is 5.56 Å². The molecule has 4 nitrogen and oxygen atoms in total. The van der Waals surface area contributed by atoms with Crippen LogP contribution in [0.15, 0.2) is 48.5 Å². The van der Waals surface area contributed by atoms with Crippen molar-refractivity contribution < 1.29 is 14.3 Å². The first-order valence-corrected chi connectivity index (χ1v) is 6.15. The Morgan fingerprint density at radius 1 is 1.20 bits per heavy atom. The third-order valence-corrected chi connectivity index (χ3v) is 2.68. The highest BCUT2D eigenvalue weighted by molar-refractivity contribution is 6.32. The van der Waals surface area contributed by atoms with Crippen LogP contribution in [0.25, 0.3) is 0 Å². The van der Waals surface area contributed by atoms with Gasteiger partial charge in [0, 0.05) is 0 Å². The first-order chi connectivity index (χ1) is 9.69. The molecule has 0 heterocycles. The van der Waals surface area contributed by atoms with Crippen molar-refractivity contribution in [1.29, 1.82) is 5.26 Å². The van der Waals surface area contributed by atoms with Gasteiger partial charge in [0.25, 0.3) is 0 Å². The summed E-state index contributed by atoms with van der Waals surface area (Å²) in [5.41, 5.74) is 0.398. The number of ether oxygens (including phenoxy) is 2. The molecule has 0 amide bonds. The molecule has 0 aliphatic rings. The largest absolute Gasteiger partial charge is 0.482 e. The van der Waals surface area contributed by atoms with Crippen LogP contribution in [0.5, 0.6) is 11.5 Å². The molecule has 0 unspecified atom stereocenters. The normalized spacial score (nSPS) is 9.60. The maximum Gasteiger partial charge on any atom is 0.349 e. The van der Waals surface area contributed by atoms with Crippen LogP contribution >= 0.6 is 11.6 Å². The van der Waals surface area contributed by atoms with E-state index in [1.165, 1.54) is 18.2 Å². The van der Waals surface area contributed by atoms with Gasteiger partial charge in [-0.05, 0) is 30.3 Å². The van der Waals surface area contributed by atoms with E-state index in [4.69, 9.17) is 26.3 Å². The monoisotopic (exact) mass is 287 g/mol. The van der Waals surface area contributed by atoms with Crippen molar-refractivity contribution in [2.24, 2.45) is 0 Å². The van der Waals surface area contributed by atoms with Crippen LogP contribution in [0, 0.1) is 11.3 Å². The lowest BCUT2D eigenvalue weighted by molar-refractivity contribution is -0.136. The molecule has 5 heteroatoms. The van der Waals surface area contributed by atoms with Gasteiger partial charge in [-0.15, -0.1) is 0 Å². The molecule has 0 saturated carbocycles. The zero-order valence-electron chi connectivity index (χ0n) is 10.4. The molecule has 2 aromatic rings. The molecule has 20 heavy (non-hydrogen) atoms. The molecule has 0 atom stereocenters. The minimum Gasteiger partial charge on any atom is -0.482 e. The van der Waals surface area contributed by atoms with Crippen LogP contribution in [0.3, 0.4) is 0 Å². The van der Waals surface area contributed by atoms with Gasteiger partial charge in [0.1, 0.15) is 11.5 Å². The summed E-state index contributed by atoms with van der Waals surface area (Å²) < 4.78 is 10.3. The first-order valence-electron chi connectivity index (χ1n) is 5.77. The van der Waals surface area contributed by atoms with E-state index in [-0.39, 0.29) is 17.4 Å². The number of nitrogens with zero attached hydrogens (tertiary/aromatic N) is 1. The molecule has 0 aliphatic carbocycles. The summed E-state index contributed by atoms with van der Waals surface area (Å²) >= 11 is 5.90. The third kappa shape index (κ3) is 3.74. The summed E-state index contributed by atoms with van der Waals surface area (Å²) in [5, 5.41) is 8.91. The summed E-state index contributed by atoms with van der Waals surface area (Å²) in [6, 6.07) is 15.3. The quantitative estimate of drug-likeness (QED) is 0.640. The zero-order valence-corrected chi connectivity index (χ0v) is 11.1. The molecule has 0 radical (unpaired) electrons. The number of hydrogen-bond donors (Lipinski definition) is 0. The summed E-state index contributed by atoms with van der Waals surface area (Å²) in [7, 11) is 0. The summed E-state index contributed by atoms with van der Waals surface area (Å²) in [6.45, 7) is -0.222. The van der Waals surface area contributed by atoms with Crippen LogP contribution < -0.4 is 9.47 Å². The molecule has 0 saturated heterocycles. The van der Waals surface area contributed by atoms with E-state index in [0.29, 0.717) is 11.3 Å². The van der Waals surface area contributed by atoms with Crippen LogP contribution in [0.2, 0.25) is 5.02 Å². The number of rotatable bonds is 4. The average molecular weight is 288 g/mol. The highest BCUT2D eigenvalue weighted by Crippen LogP contribution is 2.25. The standard InChI is InChI=1S/C15H10ClNO3/c16-13-8-11(9-17)6-7-14(13)20-15(18)10-19-12-4-2-1-3-5-12/h1-8H,10H2. The maximum atomic E-state index is 11.6. The number of esters is 1. The second-order valence-corrected chi connectivity index (χ2v) is 4.24. The number of hydrogen-bond acceptors (Lipinski definition) is 4. The first kappa shape index (κ1) is 13.9. The van der Waals surface area contributed by atoms with Gasteiger partial charge < -0.3 is 9.47 Å². The molecule has 2 aromatic carbocycles. The van der Waals surface area contributed by atoms with Crippen molar-refractivity contribution in [1.82, 2.24) is 0 Å². The van der Waals surface area contributed by atoms with E-state index in [9.17, 15) is 4.79 Å². The molecular weight excluding hydrogens is 278 g/mol. The Hall–Kier alpha value is -2.51. The van der Waals surface area contributed by atoms with E-state index in [0.717, 1.165) is 0 Å². The number of nitriles is 1. The minimum atomic E-state index is -0.569. The van der Waals surface area contributed by atoms with Crippen LogP contribution in [0.4, 0.5) is 0 Å². The lowest BCUT2D eigenvalue weighted by atomic mass is 10.2. The smallest absolute Gasteiger partial charge is 0.349 e. The molecule has 0 fully saturated rings. The minimum absolute atomic E-state index is 0.201. The molecule has 0 bridgehead atoms. The fourth-order valence-electron chi connectivity index (χ4n) is 1.46. The van der Waals surface area contributed by atoms with Crippen molar-refractivity contribution >= 4 is 17.6 Å². The molecule has 0 N–H and O–H groups in total. The number of halogens is 1. The van der Waals surface area contributed by atoms with Gasteiger partial charge in [0.15, 0.2) is 6.61 Å². The van der Waals surface area contributed by atoms with E-state index in [1.807, 2.05) is 12.1 Å². The van der Waals surface area contributed by atoms with Gasteiger partial charge in [-0.1, -0.05) is 29.8 Å². The van der Waals surface area contributed by atoms with Gasteiger partial charge in [-0.2, -0.15) is 5.26 Å². The van der Waals surface area contributed by atoms with Crippen molar-refractivity contribution in [3.05, 3.63) is 59.1 Å². The Bertz CT molecular complexity index is 650. The summed E-state index contributed by atoms with van der Waals surface area (Å²) in [5.74, 6) is 0.211. The highest BCUT2D eigenvalue weighted by Gasteiger charge is 2.10. The molecule has 2 rings (SSSR count). The predicted octanol–water partition coefficient (Wildman–Crippen LogP) is 3.20. The molecule has 0 aromatic heterocycles. The average Bonchev–Trinajstić information content (AvgIpc) is 2.48. The molecular formula is C15H10ClNO3. The molecule has 0 spiro atoms. The topological polar surface area (TPSA) is 59.3 Å². The number of carbonyl (C=O) groups is 1. The fourth-order valence-corrected chi connectivity index (χ4v) is 1.68. The van der Waals surface area contributed by atoms with Crippen molar-refractivity contribution in [2.45, 2.75) is 0 Å². The van der Waals surface area contributed by atoms with Gasteiger partial charge in [-0.3, -0.25) is 0 Å². The van der Waals surface area contributed by atoms with Gasteiger partial charge in [-0.25, -0.2) is 4.79 Å². The van der Waals surface area contributed by atoms with Gasteiger partial charge in [0.05, 0.1) is 16.7 Å². The SMILES string of the molecule is N#Cc1ccc(OC(=O)COc2ccccc2)c(Cl)c1. The summed E-state index contributed by atoms with van der Waals surface area (Å²) in [4.78, 5) is 11.6. The Morgan fingerprint density at radius 3 is 2.60 bits per heavy atom. The maximum absolute atomic E-state index is 11.6. The van der Waals surface area contributed by atoms with E-state index in [2.05, 4.69) is 0 Å². The lowest BCUT2D eigenvalue weighted by Crippen LogP contribution is -2.17. The van der Waals surface area contributed by atoms with Gasteiger partial charge >= 0.3 is 5.97 Å². The second-order valence-electron chi connectivity index (χ2n) is 3.83. The van der Waals surface area contributed by atoms with Crippen molar-refractivity contribution in [3.63, 3.8) is 0 Å². The Morgan fingerprint density at radius 2 is 1.95 bits per heavy atom. The second kappa shape index (κ2) is 6.60. The number of para-hydroxylation sites is 1. The number of benzene rings is 2. The molecule has 0 aliphatic heterocycles. The van der Waals surface area contributed by atoms with Crippen LogP contribution in [-0.2, 0) is 4.79 Å². The zero-order chi connectivity index (χ0) is 14.4. The number of carbonyl (C=O) groups excluding carboxylic acids is 1. The molecule has 100 valence electrons. The Labute approximate surface area is 121 Å². The Balaban J connectivity index is 1.93. The fraction of sp³-hybridized carbons (Fsp3) is 0.0667. The third-order valence-electron chi connectivity index (χ3n) is 2.38. The highest BCUT2D eigenvalue weighted by atomic mass is 35.5. The van der Waals surface area contributed by atoms with E-state index in [1.54, 1.807) is 24.3 Å². The van der Waals surface area contributed by atoms with E-state index >= 15 is 0 Å². The summed E-state index contributed by atoms with van der Waals surface area (Å²) in [6.07, 6.45) is 0. The predicted molar refractivity (Wildman–Crippen MR) is 73.7 cm³/mol. The van der Waals surface area contributed by atoms with Crippen molar-refractivity contribution in [3.8, 4) is 17.6 Å². The van der Waals surface area contributed by atoms with Crippen LogP contribution in [-0.4, -0.2) is 12.6 Å².